The summed E-state index contributed by atoms with van der Waals surface area (Å²) < 4.78 is 10.9. The third-order valence-electron chi connectivity index (χ3n) is 2.80. The van der Waals surface area contributed by atoms with E-state index >= 15 is 0 Å². The summed E-state index contributed by atoms with van der Waals surface area (Å²) in [6, 6.07) is 4.21. The SMILES string of the molecule is COc1cc(C(C)C)c(OC)cc1C[C@H](C)N. The highest BCUT2D eigenvalue weighted by atomic mass is 16.5. The predicted molar refractivity (Wildman–Crippen MR) is 71.0 cm³/mol. The van der Waals surface area contributed by atoms with E-state index in [1.165, 1.54) is 0 Å². The van der Waals surface area contributed by atoms with E-state index in [9.17, 15) is 0 Å². The molecule has 1 aromatic rings. The highest BCUT2D eigenvalue weighted by Crippen LogP contribution is 2.33. The Morgan fingerprint density at radius 3 is 2.06 bits per heavy atom. The lowest BCUT2D eigenvalue weighted by Gasteiger charge is -2.17. The number of hydrogen-bond acceptors (Lipinski definition) is 3. The van der Waals surface area contributed by atoms with E-state index in [0.717, 1.165) is 29.0 Å². The van der Waals surface area contributed by atoms with Crippen LogP contribution in [0, 0.1) is 0 Å². The molecule has 3 nitrogen and oxygen atoms in total. The first-order valence-corrected chi connectivity index (χ1v) is 6.00. The Morgan fingerprint density at radius 1 is 1.06 bits per heavy atom. The minimum absolute atomic E-state index is 0.110. The molecule has 0 spiro atoms. The summed E-state index contributed by atoms with van der Waals surface area (Å²) >= 11 is 0. The second kappa shape index (κ2) is 5.92. The highest BCUT2D eigenvalue weighted by molar-refractivity contribution is 5.48. The molecule has 0 aliphatic carbocycles. The Labute approximate surface area is 104 Å². The average Bonchev–Trinajstić information content (AvgIpc) is 2.27. The fourth-order valence-corrected chi connectivity index (χ4v) is 1.94. The number of methoxy groups -OCH3 is 2. The molecule has 0 aliphatic heterocycles. The second-order valence-electron chi connectivity index (χ2n) is 4.74. The van der Waals surface area contributed by atoms with E-state index in [1.54, 1.807) is 14.2 Å². The average molecular weight is 237 g/mol. The van der Waals surface area contributed by atoms with Gasteiger partial charge in [-0.05, 0) is 37.0 Å². The Balaban J connectivity index is 3.22. The standard InChI is InChI=1S/C14H23NO2/c1-9(2)12-8-13(16-4)11(6-10(3)15)7-14(12)17-5/h7-10H,6,15H2,1-5H3/t10-/m0/s1. The normalized spacial score (nSPS) is 12.6. The maximum absolute atomic E-state index is 5.84. The Kier molecular flexibility index (Phi) is 4.82. The van der Waals surface area contributed by atoms with Gasteiger partial charge in [-0.15, -0.1) is 0 Å². The molecule has 0 aromatic heterocycles. The van der Waals surface area contributed by atoms with Crippen molar-refractivity contribution in [3.8, 4) is 11.5 Å². The molecular formula is C14H23NO2. The lowest BCUT2D eigenvalue weighted by atomic mass is 9.97. The van der Waals surface area contributed by atoms with Gasteiger partial charge in [-0.2, -0.15) is 0 Å². The summed E-state index contributed by atoms with van der Waals surface area (Å²) in [5.41, 5.74) is 8.11. The fourth-order valence-electron chi connectivity index (χ4n) is 1.94. The van der Waals surface area contributed by atoms with Crippen molar-refractivity contribution < 1.29 is 9.47 Å². The molecule has 0 amide bonds. The molecular weight excluding hydrogens is 214 g/mol. The molecule has 3 heteroatoms. The zero-order valence-corrected chi connectivity index (χ0v) is 11.4. The smallest absolute Gasteiger partial charge is 0.122 e. The zero-order chi connectivity index (χ0) is 13.0. The summed E-state index contributed by atoms with van der Waals surface area (Å²) in [6.07, 6.45) is 0.790. The van der Waals surface area contributed by atoms with Crippen molar-refractivity contribution in [2.45, 2.75) is 39.2 Å². The molecule has 0 bridgehead atoms. The second-order valence-corrected chi connectivity index (χ2v) is 4.74. The summed E-state index contributed by atoms with van der Waals surface area (Å²) in [5.74, 6) is 2.21. The van der Waals surface area contributed by atoms with Crippen LogP contribution in [0.3, 0.4) is 0 Å². The predicted octanol–water partition coefficient (Wildman–Crippen LogP) is 2.72. The Hall–Kier alpha value is -1.22. The molecule has 0 aliphatic rings. The molecule has 0 radical (unpaired) electrons. The fraction of sp³-hybridized carbons (Fsp3) is 0.571. The number of rotatable bonds is 5. The quantitative estimate of drug-likeness (QED) is 0.856. The van der Waals surface area contributed by atoms with Crippen LogP contribution >= 0.6 is 0 Å². The maximum atomic E-state index is 5.84. The molecule has 17 heavy (non-hydrogen) atoms. The van der Waals surface area contributed by atoms with E-state index < -0.39 is 0 Å². The van der Waals surface area contributed by atoms with Crippen molar-refractivity contribution in [2.24, 2.45) is 5.73 Å². The summed E-state index contributed by atoms with van der Waals surface area (Å²) in [4.78, 5) is 0. The molecule has 0 unspecified atom stereocenters. The van der Waals surface area contributed by atoms with Crippen LogP contribution in [-0.4, -0.2) is 20.3 Å². The molecule has 1 rings (SSSR count). The van der Waals surface area contributed by atoms with E-state index in [2.05, 4.69) is 19.9 Å². The number of ether oxygens (including phenoxy) is 2. The summed E-state index contributed by atoms with van der Waals surface area (Å²) in [6.45, 7) is 6.27. The van der Waals surface area contributed by atoms with Crippen LogP contribution in [0.25, 0.3) is 0 Å². The van der Waals surface area contributed by atoms with Gasteiger partial charge in [-0.3, -0.25) is 0 Å². The van der Waals surface area contributed by atoms with Crippen molar-refractivity contribution in [1.82, 2.24) is 0 Å². The lowest BCUT2D eigenvalue weighted by Crippen LogP contribution is -2.18. The van der Waals surface area contributed by atoms with Gasteiger partial charge in [0.15, 0.2) is 0 Å². The molecule has 0 heterocycles. The molecule has 0 saturated heterocycles. The maximum Gasteiger partial charge on any atom is 0.122 e. The molecule has 1 atom stereocenters. The summed E-state index contributed by atoms with van der Waals surface area (Å²) in [5, 5.41) is 0. The first-order valence-electron chi connectivity index (χ1n) is 6.00. The van der Waals surface area contributed by atoms with Gasteiger partial charge in [0, 0.05) is 11.6 Å². The third kappa shape index (κ3) is 3.37. The van der Waals surface area contributed by atoms with Gasteiger partial charge < -0.3 is 15.2 Å². The van der Waals surface area contributed by atoms with E-state index in [-0.39, 0.29) is 6.04 Å². The Morgan fingerprint density at radius 2 is 1.65 bits per heavy atom. The van der Waals surface area contributed by atoms with Crippen molar-refractivity contribution in [3.05, 3.63) is 23.3 Å². The van der Waals surface area contributed by atoms with E-state index in [0.29, 0.717) is 5.92 Å². The first kappa shape index (κ1) is 13.8. The van der Waals surface area contributed by atoms with E-state index in [1.807, 2.05) is 13.0 Å². The van der Waals surface area contributed by atoms with Gasteiger partial charge in [0.25, 0.3) is 0 Å². The van der Waals surface area contributed by atoms with Gasteiger partial charge in [0.2, 0.25) is 0 Å². The molecule has 0 fully saturated rings. The minimum atomic E-state index is 0.110. The third-order valence-corrected chi connectivity index (χ3v) is 2.80. The highest BCUT2D eigenvalue weighted by Gasteiger charge is 2.14. The number of nitrogens with two attached hydrogens (primary N) is 1. The summed E-state index contributed by atoms with van der Waals surface area (Å²) in [7, 11) is 3.39. The van der Waals surface area contributed by atoms with Crippen LogP contribution in [-0.2, 0) is 6.42 Å². The van der Waals surface area contributed by atoms with Crippen LogP contribution in [0.15, 0.2) is 12.1 Å². The van der Waals surface area contributed by atoms with Gasteiger partial charge in [0.1, 0.15) is 11.5 Å². The van der Waals surface area contributed by atoms with Crippen LogP contribution < -0.4 is 15.2 Å². The lowest BCUT2D eigenvalue weighted by molar-refractivity contribution is 0.392. The Bertz CT molecular complexity index is 373. The minimum Gasteiger partial charge on any atom is -0.496 e. The molecule has 96 valence electrons. The van der Waals surface area contributed by atoms with Gasteiger partial charge in [0.05, 0.1) is 14.2 Å². The van der Waals surface area contributed by atoms with Crippen LogP contribution in [0.5, 0.6) is 11.5 Å². The van der Waals surface area contributed by atoms with Gasteiger partial charge in [-0.1, -0.05) is 13.8 Å². The number of hydrogen-bond donors (Lipinski definition) is 1. The van der Waals surface area contributed by atoms with Gasteiger partial charge >= 0.3 is 0 Å². The van der Waals surface area contributed by atoms with Crippen molar-refractivity contribution >= 4 is 0 Å². The van der Waals surface area contributed by atoms with Crippen LogP contribution in [0.4, 0.5) is 0 Å². The van der Waals surface area contributed by atoms with E-state index in [4.69, 9.17) is 15.2 Å². The zero-order valence-electron chi connectivity index (χ0n) is 11.4. The van der Waals surface area contributed by atoms with Crippen molar-refractivity contribution in [2.75, 3.05) is 14.2 Å². The van der Waals surface area contributed by atoms with Crippen LogP contribution in [0.1, 0.15) is 37.8 Å². The monoisotopic (exact) mass is 237 g/mol. The first-order chi connectivity index (χ1) is 7.99. The topological polar surface area (TPSA) is 44.5 Å². The number of benzene rings is 1. The molecule has 2 N–H and O–H groups in total. The van der Waals surface area contributed by atoms with Crippen LogP contribution in [0.2, 0.25) is 0 Å². The molecule has 0 saturated carbocycles. The van der Waals surface area contributed by atoms with Gasteiger partial charge in [-0.25, -0.2) is 0 Å². The van der Waals surface area contributed by atoms with Crippen molar-refractivity contribution in [3.63, 3.8) is 0 Å². The van der Waals surface area contributed by atoms with Crippen molar-refractivity contribution in [1.29, 1.82) is 0 Å². The molecule has 1 aromatic carbocycles. The largest absolute Gasteiger partial charge is 0.496 e.